The van der Waals surface area contributed by atoms with Gasteiger partial charge in [0.1, 0.15) is 12.6 Å². The summed E-state index contributed by atoms with van der Waals surface area (Å²) >= 11 is 0. The Kier molecular flexibility index (Phi) is 8.24. The Morgan fingerprint density at radius 2 is 1.84 bits per heavy atom. The number of hydrogen-bond acceptors (Lipinski definition) is 4. The number of carbonyl (C=O) groups is 3. The van der Waals surface area contributed by atoms with Crippen LogP contribution in [0.5, 0.6) is 0 Å². The highest BCUT2D eigenvalue weighted by molar-refractivity contribution is 5.97. The van der Waals surface area contributed by atoms with Crippen molar-refractivity contribution >= 4 is 23.5 Å². The monoisotopic (exact) mass is 440 g/mol. The van der Waals surface area contributed by atoms with Crippen LogP contribution in [0.4, 0.5) is 10.5 Å². The minimum Gasteiger partial charge on any atom is -0.352 e. The Labute approximate surface area is 188 Å². The molecule has 0 aliphatic heterocycles. The normalized spacial score (nSPS) is 14.7. The fraction of sp³-hybridized carbons (Fsp3) is 0.478. The van der Waals surface area contributed by atoms with Crippen molar-refractivity contribution in [3.05, 3.63) is 48.3 Å². The third-order valence-electron chi connectivity index (χ3n) is 5.46. The molecule has 9 nitrogen and oxygen atoms in total. The maximum absolute atomic E-state index is 12.8. The number of amides is 4. The maximum Gasteiger partial charge on any atom is 0.315 e. The van der Waals surface area contributed by atoms with Crippen molar-refractivity contribution in [2.75, 3.05) is 5.32 Å². The van der Waals surface area contributed by atoms with Gasteiger partial charge in [-0.2, -0.15) is 5.10 Å². The van der Waals surface area contributed by atoms with E-state index < -0.39 is 12.1 Å². The van der Waals surface area contributed by atoms with Crippen LogP contribution in [0, 0.1) is 5.92 Å². The van der Waals surface area contributed by atoms with Crippen molar-refractivity contribution in [1.29, 1.82) is 0 Å². The number of urea groups is 1. The van der Waals surface area contributed by atoms with Gasteiger partial charge in [0.25, 0.3) is 0 Å². The van der Waals surface area contributed by atoms with Crippen molar-refractivity contribution in [3.8, 4) is 0 Å². The summed E-state index contributed by atoms with van der Waals surface area (Å²) in [6.07, 6.45) is 7.45. The van der Waals surface area contributed by atoms with Crippen molar-refractivity contribution in [2.45, 2.75) is 64.7 Å². The molecule has 4 N–H and O–H groups in total. The highest BCUT2D eigenvalue weighted by atomic mass is 16.2. The molecule has 1 aliphatic rings. The number of hydrogen-bond donors (Lipinski definition) is 4. The minimum atomic E-state index is -0.722. The first-order valence-electron chi connectivity index (χ1n) is 11.1. The molecule has 3 rings (SSSR count). The predicted octanol–water partition coefficient (Wildman–Crippen LogP) is 2.40. The molecular formula is C23H32N6O3. The van der Waals surface area contributed by atoms with Crippen LogP contribution in [0.15, 0.2) is 42.7 Å². The zero-order chi connectivity index (χ0) is 22.9. The quantitative estimate of drug-likeness (QED) is 0.479. The fourth-order valence-corrected chi connectivity index (χ4v) is 3.73. The van der Waals surface area contributed by atoms with Crippen LogP contribution in [-0.4, -0.2) is 39.7 Å². The van der Waals surface area contributed by atoms with Crippen LogP contribution in [0.3, 0.4) is 0 Å². The average molecular weight is 441 g/mol. The second-order valence-electron chi connectivity index (χ2n) is 8.50. The van der Waals surface area contributed by atoms with Gasteiger partial charge < -0.3 is 21.3 Å². The summed E-state index contributed by atoms with van der Waals surface area (Å²) in [5, 5.41) is 15.4. The molecule has 1 aliphatic carbocycles. The highest BCUT2D eigenvalue weighted by Crippen LogP contribution is 2.17. The average Bonchev–Trinajstić information content (AvgIpc) is 3.43. The van der Waals surface area contributed by atoms with E-state index in [0.717, 1.165) is 31.2 Å². The second-order valence-corrected chi connectivity index (χ2v) is 8.50. The molecule has 1 saturated carbocycles. The van der Waals surface area contributed by atoms with Gasteiger partial charge in [0, 0.05) is 18.8 Å². The first-order valence-corrected chi connectivity index (χ1v) is 11.1. The van der Waals surface area contributed by atoms with E-state index in [1.165, 1.54) is 10.9 Å². The summed E-state index contributed by atoms with van der Waals surface area (Å²) < 4.78 is 1.49. The van der Waals surface area contributed by atoms with Crippen LogP contribution in [0.1, 0.15) is 45.1 Å². The van der Waals surface area contributed by atoms with Gasteiger partial charge >= 0.3 is 6.03 Å². The molecule has 1 heterocycles. The highest BCUT2D eigenvalue weighted by Gasteiger charge is 2.25. The lowest BCUT2D eigenvalue weighted by Gasteiger charge is -2.21. The molecule has 0 bridgehead atoms. The van der Waals surface area contributed by atoms with E-state index in [4.69, 9.17) is 0 Å². The lowest BCUT2D eigenvalue weighted by atomic mass is 10.0. The Balaban J connectivity index is 1.48. The molecule has 1 aromatic carbocycles. The van der Waals surface area contributed by atoms with E-state index in [1.807, 2.05) is 44.2 Å². The Bertz CT molecular complexity index is 905. The third kappa shape index (κ3) is 7.11. The van der Waals surface area contributed by atoms with Crippen LogP contribution in [0.25, 0.3) is 0 Å². The number of anilines is 1. The molecule has 4 amide bonds. The number of nitrogens with one attached hydrogen (secondary N) is 4. The van der Waals surface area contributed by atoms with Gasteiger partial charge in [0.2, 0.25) is 11.8 Å². The lowest BCUT2D eigenvalue weighted by Crippen LogP contribution is -2.50. The molecule has 1 atom stereocenters. The van der Waals surface area contributed by atoms with E-state index in [-0.39, 0.29) is 30.3 Å². The van der Waals surface area contributed by atoms with Crippen LogP contribution in [0.2, 0.25) is 0 Å². The first-order chi connectivity index (χ1) is 15.4. The Hall–Kier alpha value is -3.36. The molecule has 1 aromatic heterocycles. The second kappa shape index (κ2) is 11.3. The standard InChI is InChI=1S/C23H32N6O3/c1-16(2)21(28-23(32)24-12-17-8-4-3-5-9-17)22(31)27-19-13-25-29(14-19)15-20(30)26-18-10-6-7-11-18/h3-5,8-9,13-14,16,18,21H,6-7,10-12,15H2,1-2H3,(H,26,30)(H,27,31)(H2,24,28,32). The summed E-state index contributed by atoms with van der Waals surface area (Å²) in [6, 6.07) is 8.66. The van der Waals surface area contributed by atoms with Crippen molar-refractivity contribution in [2.24, 2.45) is 5.92 Å². The largest absolute Gasteiger partial charge is 0.352 e. The smallest absolute Gasteiger partial charge is 0.315 e. The zero-order valence-electron chi connectivity index (χ0n) is 18.6. The number of aromatic nitrogens is 2. The molecule has 32 heavy (non-hydrogen) atoms. The molecule has 0 saturated heterocycles. The number of nitrogens with zero attached hydrogens (tertiary/aromatic N) is 2. The van der Waals surface area contributed by atoms with E-state index in [1.54, 1.807) is 6.20 Å². The maximum atomic E-state index is 12.8. The summed E-state index contributed by atoms with van der Waals surface area (Å²) in [7, 11) is 0. The first kappa shape index (κ1) is 23.3. The molecule has 0 radical (unpaired) electrons. The molecular weight excluding hydrogens is 408 g/mol. The van der Waals surface area contributed by atoms with E-state index in [2.05, 4.69) is 26.4 Å². The number of carbonyl (C=O) groups excluding carboxylic acids is 3. The van der Waals surface area contributed by atoms with E-state index in [0.29, 0.717) is 12.2 Å². The SMILES string of the molecule is CC(C)C(NC(=O)NCc1ccccc1)C(=O)Nc1cnn(CC(=O)NC2CCCC2)c1. The van der Waals surface area contributed by atoms with Crippen molar-refractivity contribution < 1.29 is 14.4 Å². The van der Waals surface area contributed by atoms with E-state index in [9.17, 15) is 14.4 Å². The van der Waals surface area contributed by atoms with Crippen LogP contribution in [-0.2, 0) is 22.7 Å². The number of benzene rings is 1. The van der Waals surface area contributed by atoms with Crippen LogP contribution < -0.4 is 21.3 Å². The van der Waals surface area contributed by atoms with Crippen LogP contribution >= 0.6 is 0 Å². The topological polar surface area (TPSA) is 117 Å². The van der Waals surface area contributed by atoms with Gasteiger partial charge in [-0.25, -0.2) is 4.79 Å². The molecule has 1 fully saturated rings. The van der Waals surface area contributed by atoms with Gasteiger partial charge in [-0.05, 0) is 24.3 Å². The van der Waals surface area contributed by atoms with Gasteiger partial charge in [0.05, 0.1) is 11.9 Å². The summed E-state index contributed by atoms with van der Waals surface area (Å²) in [5.41, 5.74) is 1.44. The molecule has 1 unspecified atom stereocenters. The van der Waals surface area contributed by atoms with Gasteiger partial charge in [0.15, 0.2) is 0 Å². The van der Waals surface area contributed by atoms with Gasteiger partial charge in [-0.15, -0.1) is 0 Å². The molecule has 0 spiro atoms. The molecule has 9 heteroatoms. The van der Waals surface area contributed by atoms with Crippen molar-refractivity contribution in [3.63, 3.8) is 0 Å². The summed E-state index contributed by atoms with van der Waals surface area (Å²) in [4.78, 5) is 37.2. The zero-order valence-corrected chi connectivity index (χ0v) is 18.6. The summed E-state index contributed by atoms with van der Waals surface area (Å²) in [6.45, 7) is 4.19. The predicted molar refractivity (Wildman–Crippen MR) is 122 cm³/mol. The van der Waals surface area contributed by atoms with Gasteiger partial charge in [-0.3, -0.25) is 14.3 Å². The van der Waals surface area contributed by atoms with Gasteiger partial charge in [-0.1, -0.05) is 57.0 Å². The Morgan fingerprint density at radius 3 is 2.53 bits per heavy atom. The van der Waals surface area contributed by atoms with E-state index >= 15 is 0 Å². The summed E-state index contributed by atoms with van der Waals surface area (Å²) in [5.74, 6) is -0.552. The molecule has 172 valence electrons. The van der Waals surface area contributed by atoms with Crippen molar-refractivity contribution in [1.82, 2.24) is 25.7 Å². The molecule has 2 aromatic rings. The minimum absolute atomic E-state index is 0.0883. The number of rotatable bonds is 9. The lowest BCUT2D eigenvalue weighted by molar-refractivity contribution is -0.122. The Morgan fingerprint density at radius 1 is 1.12 bits per heavy atom. The third-order valence-corrected chi connectivity index (χ3v) is 5.46. The fourth-order valence-electron chi connectivity index (χ4n) is 3.73.